The Morgan fingerprint density at radius 3 is 2.85 bits per heavy atom. The zero-order valence-corrected chi connectivity index (χ0v) is 8.42. The monoisotopic (exact) mass is 184 g/mol. The Morgan fingerprint density at radius 2 is 2.38 bits per heavy atom. The van der Waals surface area contributed by atoms with Crippen molar-refractivity contribution in [2.24, 2.45) is 0 Å². The number of hydrogen-bond donors (Lipinski definition) is 0. The first-order valence-corrected chi connectivity index (χ1v) is 4.68. The molecule has 0 spiro atoms. The molecule has 1 aliphatic rings. The molecular formula is C10H16O3. The minimum Gasteiger partial charge on any atom is -0.494 e. The fourth-order valence-corrected chi connectivity index (χ4v) is 1.35. The smallest absolute Gasteiger partial charge is 0.337 e. The second-order valence-electron chi connectivity index (χ2n) is 3.30. The Bertz CT molecular complexity index is 230. The molecule has 0 saturated carbocycles. The van der Waals surface area contributed by atoms with Crippen molar-refractivity contribution >= 4 is 5.97 Å². The van der Waals surface area contributed by atoms with Gasteiger partial charge in [0.05, 0.1) is 18.3 Å². The van der Waals surface area contributed by atoms with Gasteiger partial charge in [-0.05, 0) is 20.3 Å². The van der Waals surface area contributed by atoms with Crippen LogP contribution in [0.1, 0.15) is 33.6 Å². The molecule has 0 bridgehead atoms. The van der Waals surface area contributed by atoms with E-state index in [9.17, 15) is 4.79 Å². The van der Waals surface area contributed by atoms with Crippen molar-refractivity contribution in [1.29, 1.82) is 0 Å². The van der Waals surface area contributed by atoms with E-state index in [0.29, 0.717) is 24.4 Å². The van der Waals surface area contributed by atoms with Crippen molar-refractivity contribution in [3.63, 3.8) is 0 Å². The van der Waals surface area contributed by atoms with Gasteiger partial charge in [0.15, 0.2) is 0 Å². The first kappa shape index (κ1) is 10.1. The van der Waals surface area contributed by atoms with Crippen LogP contribution in [0.5, 0.6) is 0 Å². The number of esters is 1. The van der Waals surface area contributed by atoms with Crippen LogP contribution in [0.2, 0.25) is 0 Å². The second kappa shape index (κ2) is 4.30. The lowest BCUT2D eigenvalue weighted by Crippen LogP contribution is -2.09. The molecule has 0 saturated heterocycles. The maximum absolute atomic E-state index is 11.4. The summed E-state index contributed by atoms with van der Waals surface area (Å²) in [6, 6.07) is 0. The Balaban J connectivity index is 2.51. The number of hydrogen-bond acceptors (Lipinski definition) is 3. The van der Waals surface area contributed by atoms with E-state index in [4.69, 9.17) is 9.47 Å². The maximum atomic E-state index is 11.4. The van der Waals surface area contributed by atoms with Crippen LogP contribution in [0.4, 0.5) is 0 Å². The van der Waals surface area contributed by atoms with Crippen molar-refractivity contribution in [2.75, 3.05) is 6.61 Å². The summed E-state index contributed by atoms with van der Waals surface area (Å²) in [5.74, 6) is 0.498. The quantitative estimate of drug-likeness (QED) is 0.629. The standard InChI is InChI=1S/C10H16O3/c1-4-5-12-10(11)9-6-7(2)13-8(9)3/h7H,4-6H2,1-3H3. The van der Waals surface area contributed by atoms with E-state index >= 15 is 0 Å². The van der Waals surface area contributed by atoms with Gasteiger partial charge in [-0.2, -0.15) is 0 Å². The van der Waals surface area contributed by atoms with Crippen LogP contribution in [0.3, 0.4) is 0 Å². The Kier molecular flexibility index (Phi) is 3.34. The van der Waals surface area contributed by atoms with Gasteiger partial charge in [-0.25, -0.2) is 4.79 Å². The molecule has 3 nitrogen and oxygen atoms in total. The molecule has 0 aromatic heterocycles. The van der Waals surface area contributed by atoms with E-state index in [2.05, 4.69) is 0 Å². The number of rotatable bonds is 3. The van der Waals surface area contributed by atoms with E-state index in [1.807, 2.05) is 20.8 Å². The van der Waals surface area contributed by atoms with Gasteiger partial charge >= 0.3 is 5.97 Å². The van der Waals surface area contributed by atoms with Gasteiger partial charge in [0.2, 0.25) is 0 Å². The summed E-state index contributed by atoms with van der Waals surface area (Å²) in [4.78, 5) is 11.4. The van der Waals surface area contributed by atoms with Crippen LogP contribution in [0, 0.1) is 0 Å². The zero-order valence-electron chi connectivity index (χ0n) is 8.42. The van der Waals surface area contributed by atoms with Crippen molar-refractivity contribution in [1.82, 2.24) is 0 Å². The van der Waals surface area contributed by atoms with Crippen molar-refractivity contribution < 1.29 is 14.3 Å². The van der Waals surface area contributed by atoms with Gasteiger partial charge in [0.1, 0.15) is 5.76 Å². The number of carbonyl (C=O) groups is 1. The average Bonchev–Trinajstić information content (AvgIpc) is 2.41. The molecule has 1 unspecified atom stereocenters. The molecule has 0 amide bonds. The van der Waals surface area contributed by atoms with E-state index < -0.39 is 0 Å². The highest BCUT2D eigenvalue weighted by molar-refractivity contribution is 5.89. The molecule has 0 aliphatic carbocycles. The molecule has 1 atom stereocenters. The predicted molar refractivity (Wildman–Crippen MR) is 49.1 cm³/mol. The third-order valence-corrected chi connectivity index (χ3v) is 1.98. The Hall–Kier alpha value is -0.990. The van der Waals surface area contributed by atoms with Crippen LogP contribution in [-0.2, 0) is 14.3 Å². The molecule has 1 aliphatic heterocycles. The lowest BCUT2D eigenvalue weighted by molar-refractivity contribution is -0.139. The van der Waals surface area contributed by atoms with Gasteiger partial charge in [-0.3, -0.25) is 0 Å². The molecule has 0 radical (unpaired) electrons. The molecule has 0 fully saturated rings. The lowest BCUT2D eigenvalue weighted by atomic mass is 10.1. The molecule has 1 rings (SSSR count). The molecule has 13 heavy (non-hydrogen) atoms. The first-order chi connectivity index (χ1) is 6.15. The predicted octanol–water partition coefficient (Wildman–Crippen LogP) is 2.02. The first-order valence-electron chi connectivity index (χ1n) is 4.68. The Morgan fingerprint density at radius 1 is 1.69 bits per heavy atom. The SMILES string of the molecule is CCCOC(=O)C1=C(C)OC(C)C1. The van der Waals surface area contributed by atoms with Gasteiger partial charge in [0, 0.05) is 6.42 Å². The number of ether oxygens (including phenoxy) is 2. The third kappa shape index (κ3) is 2.47. The summed E-state index contributed by atoms with van der Waals surface area (Å²) >= 11 is 0. The largest absolute Gasteiger partial charge is 0.494 e. The summed E-state index contributed by atoms with van der Waals surface area (Å²) in [5.41, 5.74) is 0.695. The highest BCUT2D eigenvalue weighted by Crippen LogP contribution is 2.25. The highest BCUT2D eigenvalue weighted by atomic mass is 16.5. The molecule has 0 aromatic carbocycles. The number of allylic oxidation sites excluding steroid dienone is 1. The van der Waals surface area contributed by atoms with Gasteiger partial charge in [0.25, 0.3) is 0 Å². The lowest BCUT2D eigenvalue weighted by Gasteiger charge is -2.02. The third-order valence-electron chi connectivity index (χ3n) is 1.98. The zero-order chi connectivity index (χ0) is 9.84. The van der Waals surface area contributed by atoms with E-state index in [0.717, 1.165) is 6.42 Å². The topological polar surface area (TPSA) is 35.5 Å². The fraction of sp³-hybridized carbons (Fsp3) is 0.700. The maximum Gasteiger partial charge on any atom is 0.337 e. The van der Waals surface area contributed by atoms with E-state index in [1.54, 1.807) is 0 Å². The molecule has 0 aromatic rings. The summed E-state index contributed by atoms with van der Waals surface area (Å²) in [6.45, 7) is 6.22. The van der Waals surface area contributed by atoms with Crippen molar-refractivity contribution in [2.45, 2.75) is 39.7 Å². The molecule has 0 N–H and O–H groups in total. The summed E-state index contributed by atoms with van der Waals surface area (Å²) < 4.78 is 10.4. The minimum absolute atomic E-state index is 0.115. The van der Waals surface area contributed by atoms with E-state index in [1.165, 1.54) is 0 Å². The summed E-state index contributed by atoms with van der Waals surface area (Å²) in [6.07, 6.45) is 1.65. The molecular weight excluding hydrogens is 168 g/mol. The van der Waals surface area contributed by atoms with Crippen LogP contribution in [0.15, 0.2) is 11.3 Å². The Labute approximate surface area is 78.7 Å². The van der Waals surface area contributed by atoms with Gasteiger partial charge in [-0.15, -0.1) is 0 Å². The van der Waals surface area contributed by atoms with Gasteiger partial charge < -0.3 is 9.47 Å². The normalized spacial score (nSPS) is 21.6. The van der Waals surface area contributed by atoms with Crippen molar-refractivity contribution in [3.8, 4) is 0 Å². The fourth-order valence-electron chi connectivity index (χ4n) is 1.35. The molecule has 1 heterocycles. The average molecular weight is 184 g/mol. The summed E-state index contributed by atoms with van der Waals surface area (Å²) in [7, 11) is 0. The second-order valence-corrected chi connectivity index (χ2v) is 3.30. The van der Waals surface area contributed by atoms with Crippen LogP contribution in [0.25, 0.3) is 0 Å². The van der Waals surface area contributed by atoms with Crippen LogP contribution >= 0.6 is 0 Å². The van der Waals surface area contributed by atoms with Crippen molar-refractivity contribution in [3.05, 3.63) is 11.3 Å². The highest BCUT2D eigenvalue weighted by Gasteiger charge is 2.25. The van der Waals surface area contributed by atoms with Crippen LogP contribution in [-0.4, -0.2) is 18.7 Å². The molecule has 3 heteroatoms. The van der Waals surface area contributed by atoms with Crippen LogP contribution < -0.4 is 0 Å². The summed E-state index contributed by atoms with van der Waals surface area (Å²) in [5, 5.41) is 0. The molecule has 74 valence electrons. The minimum atomic E-state index is -0.219. The van der Waals surface area contributed by atoms with Gasteiger partial charge in [-0.1, -0.05) is 6.92 Å². The number of carbonyl (C=O) groups excluding carboxylic acids is 1. The van der Waals surface area contributed by atoms with E-state index in [-0.39, 0.29) is 12.1 Å².